The highest BCUT2D eigenvalue weighted by Gasteiger charge is 2.34. The molecule has 2 heterocycles. The number of nitrogens with zero attached hydrogens (tertiary/aromatic N) is 3. The molecule has 0 saturated heterocycles. The Balaban J connectivity index is 1.93. The van der Waals surface area contributed by atoms with E-state index in [-0.39, 0.29) is 5.82 Å². The molecule has 4 nitrogen and oxygen atoms in total. The molecule has 1 aliphatic rings. The Kier molecular flexibility index (Phi) is 3.45. The average Bonchev–Trinajstić information content (AvgIpc) is 3.10. The summed E-state index contributed by atoms with van der Waals surface area (Å²) in [5.74, 6) is -0.262. The first kappa shape index (κ1) is 13.7. The molecule has 1 aromatic carbocycles. The highest BCUT2D eigenvalue weighted by Crippen LogP contribution is 2.29. The molecule has 1 atom stereocenters. The number of nitrogens with one attached hydrogen (secondary N) is 1. The number of hydrogen-bond donors (Lipinski definition) is 1. The van der Waals surface area contributed by atoms with Crippen molar-refractivity contribution in [3.63, 3.8) is 0 Å². The van der Waals surface area contributed by atoms with E-state index < -0.39 is 5.54 Å². The molecule has 106 valence electrons. The molecule has 0 aliphatic carbocycles. The normalized spacial score (nSPS) is 21.2. The average molecular weight is 300 g/mol. The minimum atomic E-state index is -0.815. The molecule has 3 rings (SSSR count). The molecule has 1 aliphatic heterocycles. The van der Waals surface area contributed by atoms with Gasteiger partial charge in [-0.1, -0.05) is 18.2 Å². The molecule has 2 aromatic rings. The van der Waals surface area contributed by atoms with Crippen LogP contribution in [0, 0.1) is 17.1 Å². The summed E-state index contributed by atoms with van der Waals surface area (Å²) in [6.07, 6.45) is 1.82. The van der Waals surface area contributed by atoms with Crippen LogP contribution in [-0.2, 0) is 6.54 Å². The molecule has 1 unspecified atom stereocenters. The van der Waals surface area contributed by atoms with Crippen LogP contribution < -0.4 is 5.43 Å². The summed E-state index contributed by atoms with van der Waals surface area (Å²) in [7, 11) is 0. The van der Waals surface area contributed by atoms with Gasteiger partial charge >= 0.3 is 0 Å². The summed E-state index contributed by atoms with van der Waals surface area (Å²) in [6.45, 7) is 2.11. The molecule has 6 heteroatoms. The first-order valence-corrected chi connectivity index (χ1v) is 7.37. The molecular formula is C15H13FN4S. The van der Waals surface area contributed by atoms with Crippen LogP contribution in [0.3, 0.4) is 0 Å². The Labute approximate surface area is 126 Å². The fourth-order valence-corrected chi connectivity index (χ4v) is 2.80. The zero-order valence-corrected chi connectivity index (χ0v) is 12.2. The summed E-state index contributed by atoms with van der Waals surface area (Å²) in [6, 6.07) is 8.84. The van der Waals surface area contributed by atoms with Gasteiger partial charge in [-0.25, -0.2) is 14.8 Å². The molecule has 21 heavy (non-hydrogen) atoms. The van der Waals surface area contributed by atoms with Gasteiger partial charge in [0.2, 0.25) is 0 Å². The zero-order chi connectivity index (χ0) is 14.9. The molecule has 0 fully saturated rings. The quantitative estimate of drug-likeness (QED) is 0.947. The maximum Gasteiger partial charge on any atom is 0.141 e. The van der Waals surface area contributed by atoms with Gasteiger partial charge < -0.3 is 5.01 Å². The van der Waals surface area contributed by atoms with E-state index in [1.54, 1.807) is 35.6 Å². The van der Waals surface area contributed by atoms with Crippen LogP contribution in [0.25, 0.3) is 5.70 Å². The smallest absolute Gasteiger partial charge is 0.141 e. The van der Waals surface area contributed by atoms with Crippen molar-refractivity contribution in [2.24, 2.45) is 0 Å². The third-order valence-electron chi connectivity index (χ3n) is 3.30. The van der Waals surface area contributed by atoms with Crippen molar-refractivity contribution in [1.29, 1.82) is 5.26 Å². The predicted octanol–water partition coefficient (Wildman–Crippen LogP) is 2.93. The van der Waals surface area contributed by atoms with Gasteiger partial charge in [-0.15, -0.1) is 11.3 Å². The third kappa shape index (κ3) is 2.66. The molecule has 1 N–H and O–H groups in total. The lowest BCUT2D eigenvalue weighted by Crippen LogP contribution is -2.43. The molecular weight excluding hydrogens is 287 g/mol. The third-order valence-corrected chi connectivity index (χ3v) is 3.88. The van der Waals surface area contributed by atoms with Gasteiger partial charge in [0.25, 0.3) is 0 Å². The Bertz CT molecular complexity index is 720. The van der Waals surface area contributed by atoms with Gasteiger partial charge in [-0.05, 0) is 19.1 Å². The minimum absolute atomic E-state index is 0.262. The van der Waals surface area contributed by atoms with Crippen molar-refractivity contribution >= 4 is 17.0 Å². The predicted molar refractivity (Wildman–Crippen MR) is 79.2 cm³/mol. The van der Waals surface area contributed by atoms with Crippen LogP contribution in [0.2, 0.25) is 0 Å². The van der Waals surface area contributed by atoms with Crippen LogP contribution in [0.15, 0.2) is 41.2 Å². The molecule has 0 saturated carbocycles. The number of halogens is 1. The van der Waals surface area contributed by atoms with Gasteiger partial charge in [-0.3, -0.25) is 0 Å². The van der Waals surface area contributed by atoms with E-state index in [4.69, 9.17) is 0 Å². The number of hydrazine groups is 1. The van der Waals surface area contributed by atoms with E-state index in [0.717, 1.165) is 11.4 Å². The minimum Gasteiger partial charge on any atom is -0.300 e. The van der Waals surface area contributed by atoms with E-state index in [0.29, 0.717) is 12.1 Å². The van der Waals surface area contributed by atoms with Crippen molar-refractivity contribution < 1.29 is 4.39 Å². The van der Waals surface area contributed by atoms with Crippen LogP contribution in [0.5, 0.6) is 0 Å². The molecule has 0 spiro atoms. The maximum atomic E-state index is 13.8. The number of rotatable bonds is 3. The second kappa shape index (κ2) is 5.28. The Morgan fingerprint density at radius 3 is 2.95 bits per heavy atom. The first-order valence-electron chi connectivity index (χ1n) is 6.43. The highest BCUT2D eigenvalue weighted by molar-refractivity contribution is 7.07. The van der Waals surface area contributed by atoms with E-state index in [1.165, 1.54) is 17.4 Å². The molecule has 0 radical (unpaired) electrons. The van der Waals surface area contributed by atoms with Crippen LogP contribution in [0.4, 0.5) is 4.39 Å². The second-order valence-electron chi connectivity index (χ2n) is 5.01. The summed E-state index contributed by atoms with van der Waals surface area (Å²) < 4.78 is 13.8. The van der Waals surface area contributed by atoms with Crippen molar-refractivity contribution in [2.75, 3.05) is 0 Å². The number of hydrogen-bond acceptors (Lipinski definition) is 5. The van der Waals surface area contributed by atoms with Crippen molar-refractivity contribution in [1.82, 2.24) is 15.4 Å². The number of thiazole rings is 1. The van der Waals surface area contributed by atoms with Gasteiger partial charge in [0, 0.05) is 10.9 Å². The standard InChI is InChI=1S/C15H13FN4S/c1-15(9-17)6-14(13-8-21-10-18-13)20(19-15)7-11-4-2-3-5-12(11)16/h2-6,8,10,19H,7H2,1H3. The number of nitriles is 1. The monoisotopic (exact) mass is 300 g/mol. The van der Waals surface area contributed by atoms with Gasteiger partial charge in [0.1, 0.15) is 11.4 Å². The first-order chi connectivity index (χ1) is 10.1. The fourth-order valence-electron chi connectivity index (χ4n) is 2.25. The van der Waals surface area contributed by atoms with Crippen LogP contribution in [-0.4, -0.2) is 15.5 Å². The molecule has 0 amide bonds. The van der Waals surface area contributed by atoms with E-state index in [2.05, 4.69) is 16.5 Å². The summed E-state index contributed by atoms with van der Waals surface area (Å²) in [4.78, 5) is 4.28. The van der Waals surface area contributed by atoms with Crippen molar-refractivity contribution in [3.8, 4) is 6.07 Å². The van der Waals surface area contributed by atoms with Gasteiger partial charge in [-0.2, -0.15) is 5.26 Å². The zero-order valence-electron chi connectivity index (χ0n) is 11.4. The molecule has 0 bridgehead atoms. The van der Waals surface area contributed by atoms with E-state index >= 15 is 0 Å². The van der Waals surface area contributed by atoms with E-state index in [9.17, 15) is 9.65 Å². The Morgan fingerprint density at radius 2 is 2.29 bits per heavy atom. The lowest BCUT2D eigenvalue weighted by atomic mass is 10.1. The second-order valence-corrected chi connectivity index (χ2v) is 5.73. The SMILES string of the molecule is CC1(C#N)C=C(c2cscn2)N(Cc2ccccc2F)N1. The topological polar surface area (TPSA) is 52.0 Å². The molecule has 1 aromatic heterocycles. The number of aromatic nitrogens is 1. The van der Waals surface area contributed by atoms with Gasteiger partial charge in [0.15, 0.2) is 0 Å². The summed E-state index contributed by atoms with van der Waals surface area (Å²) in [5.41, 5.74) is 6.17. The highest BCUT2D eigenvalue weighted by atomic mass is 32.1. The van der Waals surface area contributed by atoms with Crippen LogP contribution >= 0.6 is 11.3 Å². The summed E-state index contributed by atoms with van der Waals surface area (Å²) in [5, 5.41) is 13.0. The Hall–Kier alpha value is -2.23. The summed E-state index contributed by atoms with van der Waals surface area (Å²) >= 11 is 1.48. The van der Waals surface area contributed by atoms with Crippen molar-refractivity contribution in [3.05, 3.63) is 58.3 Å². The number of benzene rings is 1. The largest absolute Gasteiger partial charge is 0.300 e. The van der Waals surface area contributed by atoms with Crippen molar-refractivity contribution in [2.45, 2.75) is 19.0 Å². The lowest BCUT2D eigenvalue weighted by Gasteiger charge is -2.25. The fraction of sp³-hybridized carbons (Fsp3) is 0.200. The lowest BCUT2D eigenvalue weighted by molar-refractivity contribution is 0.257. The van der Waals surface area contributed by atoms with E-state index in [1.807, 2.05) is 11.5 Å². The van der Waals surface area contributed by atoms with Crippen LogP contribution in [0.1, 0.15) is 18.2 Å². The maximum absolute atomic E-state index is 13.8. The van der Waals surface area contributed by atoms with Gasteiger partial charge in [0.05, 0.1) is 29.5 Å². The Morgan fingerprint density at radius 1 is 1.48 bits per heavy atom.